The number of nitrogens with zero attached hydrogens (tertiary/aromatic N) is 4. The van der Waals surface area contributed by atoms with E-state index in [4.69, 9.17) is 15.2 Å². The van der Waals surface area contributed by atoms with Crippen LogP contribution in [-0.2, 0) is 32.3 Å². The van der Waals surface area contributed by atoms with Gasteiger partial charge in [0, 0.05) is 14.1 Å². The summed E-state index contributed by atoms with van der Waals surface area (Å²) in [5.74, 6) is -0.317. The second-order valence-corrected chi connectivity index (χ2v) is 9.10. The van der Waals surface area contributed by atoms with Crippen LogP contribution in [0.2, 0.25) is 0 Å². The van der Waals surface area contributed by atoms with Crippen LogP contribution in [0.5, 0.6) is 0 Å². The average molecular weight is 512 g/mol. The van der Waals surface area contributed by atoms with Gasteiger partial charge in [0.1, 0.15) is 19.2 Å². The number of nitrogens with one attached hydrogen (secondary N) is 2. The molecule has 12 heteroatoms. The number of fused-ring (bicyclic) bond motifs is 1. The van der Waals surface area contributed by atoms with E-state index in [1.54, 1.807) is 36.4 Å². The quantitative estimate of drug-likeness (QED) is 0.347. The molecule has 0 aliphatic rings. The van der Waals surface area contributed by atoms with Gasteiger partial charge in [-0.3, -0.25) is 14.0 Å². The van der Waals surface area contributed by atoms with Crippen LogP contribution in [-0.4, -0.2) is 70.2 Å². The number of benzene rings is 1. The van der Waals surface area contributed by atoms with Crippen molar-refractivity contribution in [2.75, 3.05) is 27.2 Å². The van der Waals surface area contributed by atoms with Gasteiger partial charge in [-0.2, -0.15) is 0 Å². The molecule has 0 saturated carbocycles. The first-order chi connectivity index (χ1) is 17.6. The van der Waals surface area contributed by atoms with E-state index in [1.165, 1.54) is 14.1 Å². The summed E-state index contributed by atoms with van der Waals surface area (Å²) in [6, 6.07) is 14.2. The lowest BCUT2D eigenvalue weighted by Gasteiger charge is -2.24. The summed E-state index contributed by atoms with van der Waals surface area (Å²) in [6.07, 6.45) is -0.670. The highest BCUT2D eigenvalue weighted by Crippen LogP contribution is 2.18. The maximum atomic E-state index is 12.8. The van der Waals surface area contributed by atoms with E-state index in [0.717, 1.165) is 10.5 Å². The van der Waals surface area contributed by atoms with Gasteiger partial charge in [0.25, 0.3) is 0 Å². The molecule has 1 aromatic carbocycles. The topological polar surface area (TPSA) is 153 Å². The van der Waals surface area contributed by atoms with E-state index in [-0.39, 0.29) is 25.7 Å². The molecule has 2 heterocycles. The highest BCUT2D eigenvalue weighted by Gasteiger charge is 2.28. The molecule has 0 aliphatic carbocycles. The molecule has 3 amide bonds. The van der Waals surface area contributed by atoms with Crippen molar-refractivity contribution in [3.8, 4) is 0 Å². The van der Waals surface area contributed by atoms with E-state index in [1.807, 2.05) is 30.3 Å². The minimum Gasteiger partial charge on any atom is -0.443 e. The third-order valence-corrected chi connectivity index (χ3v) is 5.45. The molecule has 12 nitrogen and oxygen atoms in total. The molecule has 0 spiro atoms. The molecule has 198 valence electrons. The van der Waals surface area contributed by atoms with Crippen molar-refractivity contribution in [2.45, 2.75) is 38.6 Å². The number of rotatable bonds is 11. The Labute approximate surface area is 215 Å². The van der Waals surface area contributed by atoms with Gasteiger partial charge in [0.05, 0.1) is 24.4 Å². The molecule has 0 saturated heterocycles. The number of carbonyl (C=O) groups excluding carboxylic acids is 3. The van der Waals surface area contributed by atoms with Gasteiger partial charge in [0.15, 0.2) is 11.5 Å². The van der Waals surface area contributed by atoms with Crippen LogP contribution in [0.25, 0.3) is 5.65 Å². The Kier molecular flexibility index (Phi) is 9.15. The molecule has 0 radical (unpaired) electrons. The highest BCUT2D eigenvalue weighted by atomic mass is 16.6. The van der Waals surface area contributed by atoms with Crippen LogP contribution in [0.4, 0.5) is 4.79 Å². The largest absolute Gasteiger partial charge is 0.443 e. The molecular formula is C25H33N7O5. The molecule has 2 aromatic heterocycles. The summed E-state index contributed by atoms with van der Waals surface area (Å²) in [7, 11) is 2.95. The Morgan fingerprint density at radius 1 is 1.08 bits per heavy atom. The first-order valence-electron chi connectivity index (χ1n) is 11.7. The predicted molar refractivity (Wildman–Crippen MR) is 135 cm³/mol. The molecule has 4 N–H and O–H groups in total. The van der Waals surface area contributed by atoms with E-state index in [0.29, 0.717) is 23.8 Å². The SMILES string of the molecule is CNC(=O)CN(C)C(=O)OCc1cccc2nnc([C@@H](COCc3ccccc3)NC(=O)C(C)(C)N)n12. The fourth-order valence-corrected chi connectivity index (χ4v) is 3.37. The highest BCUT2D eigenvalue weighted by molar-refractivity contribution is 5.85. The number of amides is 3. The first-order valence-corrected chi connectivity index (χ1v) is 11.7. The number of hydrogen-bond acceptors (Lipinski definition) is 8. The maximum Gasteiger partial charge on any atom is 0.410 e. The standard InChI is InChI=1S/C25H33N7O5/c1-25(2,26)23(34)28-19(16-36-14-17-9-6-5-7-10-17)22-30-29-20-12-8-11-18(32(20)22)15-37-24(35)31(4)13-21(33)27-3/h5-12,19H,13-16,26H2,1-4H3,(H,27,33)(H,28,34)/t19-/m1/s1. The lowest BCUT2D eigenvalue weighted by atomic mass is 10.1. The van der Waals surface area contributed by atoms with Crippen molar-refractivity contribution >= 4 is 23.6 Å². The van der Waals surface area contributed by atoms with E-state index in [2.05, 4.69) is 20.8 Å². The van der Waals surface area contributed by atoms with Crippen LogP contribution in [0, 0.1) is 0 Å². The fraction of sp³-hybridized carbons (Fsp3) is 0.400. The van der Waals surface area contributed by atoms with Gasteiger partial charge in [0.2, 0.25) is 11.8 Å². The summed E-state index contributed by atoms with van der Waals surface area (Å²) in [5, 5.41) is 13.9. The number of aromatic nitrogens is 3. The molecule has 37 heavy (non-hydrogen) atoms. The van der Waals surface area contributed by atoms with Crippen molar-refractivity contribution in [2.24, 2.45) is 5.73 Å². The Balaban J connectivity index is 1.83. The van der Waals surface area contributed by atoms with Crippen molar-refractivity contribution in [3.05, 3.63) is 65.6 Å². The van der Waals surface area contributed by atoms with Gasteiger partial charge in [-0.1, -0.05) is 36.4 Å². The second-order valence-electron chi connectivity index (χ2n) is 9.10. The van der Waals surface area contributed by atoms with Gasteiger partial charge in [-0.05, 0) is 31.5 Å². The van der Waals surface area contributed by atoms with E-state index in [9.17, 15) is 14.4 Å². The van der Waals surface area contributed by atoms with Gasteiger partial charge in [-0.15, -0.1) is 10.2 Å². The van der Waals surface area contributed by atoms with E-state index >= 15 is 0 Å². The molecule has 0 aliphatic heterocycles. The third kappa shape index (κ3) is 7.48. The Morgan fingerprint density at radius 2 is 1.81 bits per heavy atom. The summed E-state index contributed by atoms with van der Waals surface area (Å²) in [4.78, 5) is 37.9. The fourth-order valence-electron chi connectivity index (χ4n) is 3.37. The number of ether oxygens (including phenoxy) is 2. The Bertz CT molecular complexity index is 1220. The van der Waals surface area contributed by atoms with Crippen LogP contribution in [0.15, 0.2) is 48.5 Å². The van der Waals surface area contributed by atoms with Gasteiger partial charge < -0.3 is 30.7 Å². The Morgan fingerprint density at radius 3 is 2.49 bits per heavy atom. The third-order valence-electron chi connectivity index (χ3n) is 5.45. The van der Waals surface area contributed by atoms with Gasteiger partial charge >= 0.3 is 6.09 Å². The number of carbonyl (C=O) groups is 3. The monoisotopic (exact) mass is 511 g/mol. The summed E-state index contributed by atoms with van der Waals surface area (Å²) < 4.78 is 13.0. The Hall–Kier alpha value is -4.03. The van der Waals surface area contributed by atoms with E-state index < -0.39 is 23.6 Å². The van der Waals surface area contributed by atoms with Crippen molar-refractivity contribution in [3.63, 3.8) is 0 Å². The van der Waals surface area contributed by atoms with Gasteiger partial charge in [-0.25, -0.2) is 4.79 Å². The molecule has 3 aromatic rings. The molecule has 3 rings (SSSR count). The first kappa shape index (κ1) is 27.6. The zero-order valence-electron chi connectivity index (χ0n) is 21.4. The number of likely N-dealkylation sites (N-methyl/N-ethyl adjacent to an activating group) is 2. The zero-order valence-corrected chi connectivity index (χ0v) is 21.4. The van der Waals surface area contributed by atoms with Crippen LogP contribution < -0.4 is 16.4 Å². The van der Waals surface area contributed by atoms with Crippen molar-refractivity contribution < 1.29 is 23.9 Å². The smallest absolute Gasteiger partial charge is 0.410 e. The van der Waals surface area contributed by atoms with Crippen LogP contribution in [0.3, 0.4) is 0 Å². The average Bonchev–Trinajstić information content (AvgIpc) is 3.31. The normalized spacial score (nSPS) is 12.1. The molecule has 0 unspecified atom stereocenters. The number of hydrogen-bond donors (Lipinski definition) is 3. The molecule has 1 atom stereocenters. The maximum absolute atomic E-state index is 12.8. The minimum atomic E-state index is -1.13. The minimum absolute atomic E-state index is 0.0977. The molecule has 0 bridgehead atoms. The number of pyridine rings is 1. The summed E-state index contributed by atoms with van der Waals surface area (Å²) >= 11 is 0. The second kappa shape index (κ2) is 12.3. The zero-order chi connectivity index (χ0) is 27.0. The van der Waals surface area contributed by atoms with Crippen molar-refractivity contribution in [1.29, 1.82) is 0 Å². The lowest BCUT2D eigenvalue weighted by molar-refractivity contribution is -0.126. The molecular weight excluding hydrogens is 478 g/mol. The summed E-state index contributed by atoms with van der Waals surface area (Å²) in [5.41, 5.74) is 6.92. The van der Waals surface area contributed by atoms with Crippen molar-refractivity contribution in [1.82, 2.24) is 30.1 Å². The summed E-state index contributed by atoms with van der Waals surface area (Å²) in [6.45, 7) is 3.38. The molecule has 0 fully saturated rings. The number of nitrogens with two attached hydrogens (primary N) is 1. The van der Waals surface area contributed by atoms with Crippen LogP contribution >= 0.6 is 0 Å². The lowest BCUT2D eigenvalue weighted by Crippen LogP contribution is -2.51. The van der Waals surface area contributed by atoms with Crippen LogP contribution in [0.1, 0.15) is 37.0 Å². The predicted octanol–water partition coefficient (Wildman–Crippen LogP) is 1.16.